The van der Waals surface area contributed by atoms with Gasteiger partial charge in [0.05, 0.1) is 22.8 Å². The monoisotopic (exact) mass is 276 g/mol. The summed E-state index contributed by atoms with van der Waals surface area (Å²) < 4.78 is 5.22. The van der Waals surface area contributed by atoms with Crippen molar-refractivity contribution >= 4 is 29.1 Å². The van der Waals surface area contributed by atoms with Crippen LogP contribution in [0.1, 0.15) is 17.3 Å². The molecule has 0 saturated heterocycles. The SMILES string of the molecule is CC(SCC#N)C(=O)c1ccc2c(c1)NC(=O)CO2. The zero-order chi connectivity index (χ0) is 13.8. The predicted molar refractivity (Wildman–Crippen MR) is 72.4 cm³/mol. The number of hydrogen-bond donors (Lipinski definition) is 1. The van der Waals surface area contributed by atoms with Crippen LogP contribution >= 0.6 is 11.8 Å². The first-order chi connectivity index (χ1) is 9.11. The molecule has 98 valence electrons. The summed E-state index contributed by atoms with van der Waals surface area (Å²) in [7, 11) is 0. The number of carbonyl (C=O) groups is 2. The van der Waals surface area contributed by atoms with Crippen LogP contribution < -0.4 is 10.1 Å². The highest BCUT2D eigenvalue weighted by molar-refractivity contribution is 8.00. The predicted octanol–water partition coefficient (Wildman–Crippen LogP) is 1.85. The summed E-state index contributed by atoms with van der Waals surface area (Å²) in [4.78, 5) is 23.4. The zero-order valence-corrected chi connectivity index (χ0v) is 11.1. The molecule has 6 heteroatoms. The summed E-state index contributed by atoms with van der Waals surface area (Å²) in [6.45, 7) is 1.76. The molecule has 0 spiro atoms. The standard InChI is InChI=1S/C13H12N2O3S/c1-8(19-5-4-14)13(17)9-2-3-11-10(6-9)15-12(16)7-18-11/h2-3,6,8H,5,7H2,1H3,(H,15,16). The number of nitrogens with zero attached hydrogens (tertiary/aromatic N) is 1. The van der Waals surface area contributed by atoms with Crippen molar-refractivity contribution in [2.24, 2.45) is 0 Å². The Kier molecular flexibility index (Phi) is 4.07. The van der Waals surface area contributed by atoms with Gasteiger partial charge in [-0.05, 0) is 25.1 Å². The highest BCUT2D eigenvalue weighted by Crippen LogP contribution is 2.29. The molecule has 0 aliphatic carbocycles. The second-order valence-electron chi connectivity index (χ2n) is 4.02. The number of hydrogen-bond acceptors (Lipinski definition) is 5. The van der Waals surface area contributed by atoms with Gasteiger partial charge in [-0.1, -0.05) is 0 Å². The maximum absolute atomic E-state index is 12.1. The van der Waals surface area contributed by atoms with Crippen molar-refractivity contribution in [2.45, 2.75) is 12.2 Å². The van der Waals surface area contributed by atoms with Crippen molar-refractivity contribution in [1.82, 2.24) is 0 Å². The number of anilines is 1. The maximum atomic E-state index is 12.1. The fraction of sp³-hybridized carbons (Fsp3) is 0.308. The van der Waals surface area contributed by atoms with Crippen molar-refractivity contribution in [3.05, 3.63) is 23.8 Å². The summed E-state index contributed by atoms with van der Waals surface area (Å²) in [5, 5.41) is 10.9. The van der Waals surface area contributed by atoms with Gasteiger partial charge >= 0.3 is 0 Å². The van der Waals surface area contributed by atoms with Gasteiger partial charge in [-0.25, -0.2) is 0 Å². The average Bonchev–Trinajstić information content (AvgIpc) is 2.43. The number of rotatable bonds is 4. The van der Waals surface area contributed by atoms with Crippen molar-refractivity contribution < 1.29 is 14.3 Å². The van der Waals surface area contributed by atoms with E-state index in [1.165, 1.54) is 11.8 Å². The Labute approximate surface area is 114 Å². The Morgan fingerprint density at radius 3 is 3.16 bits per heavy atom. The second-order valence-corrected chi connectivity index (χ2v) is 5.35. The third-order valence-corrected chi connectivity index (χ3v) is 3.67. The Morgan fingerprint density at radius 2 is 2.42 bits per heavy atom. The van der Waals surface area contributed by atoms with Gasteiger partial charge in [-0.15, -0.1) is 11.8 Å². The van der Waals surface area contributed by atoms with Gasteiger partial charge in [-0.3, -0.25) is 9.59 Å². The van der Waals surface area contributed by atoms with Crippen LogP contribution in [-0.2, 0) is 4.79 Å². The van der Waals surface area contributed by atoms with E-state index in [1.807, 2.05) is 6.07 Å². The summed E-state index contributed by atoms with van der Waals surface area (Å²) >= 11 is 1.29. The minimum absolute atomic E-state index is 0.00524. The summed E-state index contributed by atoms with van der Waals surface area (Å²) in [6, 6.07) is 6.94. The van der Waals surface area contributed by atoms with Crippen LogP contribution in [0.25, 0.3) is 0 Å². The van der Waals surface area contributed by atoms with Crippen molar-refractivity contribution in [3.8, 4) is 11.8 Å². The lowest BCUT2D eigenvalue weighted by Crippen LogP contribution is -2.25. The normalized spacial score (nSPS) is 14.6. The lowest BCUT2D eigenvalue weighted by atomic mass is 10.1. The Morgan fingerprint density at radius 1 is 1.63 bits per heavy atom. The molecule has 1 unspecified atom stereocenters. The number of amides is 1. The smallest absolute Gasteiger partial charge is 0.262 e. The van der Waals surface area contributed by atoms with Crippen LogP contribution in [0.15, 0.2) is 18.2 Å². The number of nitriles is 1. The first-order valence-corrected chi connectivity index (χ1v) is 6.76. The van der Waals surface area contributed by atoms with Crippen molar-refractivity contribution in [2.75, 3.05) is 17.7 Å². The first kappa shape index (κ1) is 13.4. The fourth-order valence-electron chi connectivity index (χ4n) is 1.71. The Balaban J connectivity index is 2.17. The van der Waals surface area contributed by atoms with Crippen molar-refractivity contribution in [3.63, 3.8) is 0 Å². The molecule has 1 aromatic carbocycles. The molecule has 19 heavy (non-hydrogen) atoms. The molecule has 0 aromatic heterocycles. The van der Waals surface area contributed by atoms with E-state index in [1.54, 1.807) is 25.1 Å². The topological polar surface area (TPSA) is 79.2 Å². The fourth-order valence-corrected chi connectivity index (χ4v) is 2.32. The van der Waals surface area contributed by atoms with Gasteiger partial charge in [0, 0.05) is 5.56 Å². The minimum Gasteiger partial charge on any atom is -0.482 e. The first-order valence-electron chi connectivity index (χ1n) is 5.71. The van der Waals surface area contributed by atoms with Gasteiger partial charge in [-0.2, -0.15) is 5.26 Å². The number of ketones is 1. The molecule has 0 bridgehead atoms. The lowest BCUT2D eigenvalue weighted by molar-refractivity contribution is -0.118. The molecule has 1 amide bonds. The van der Waals surface area contributed by atoms with Crippen LogP contribution in [0.2, 0.25) is 0 Å². The molecule has 1 aromatic rings. The zero-order valence-electron chi connectivity index (χ0n) is 10.3. The highest BCUT2D eigenvalue weighted by atomic mass is 32.2. The number of benzene rings is 1. The third kappa shape index (κ3) is 3.06. The summed E-state index contributed by atoms with van der Waals surface area (Å²) in [5.74, 6) is 0.540. The van der Waals surface area contributed by atoms with Crippen LogP contribution in [0, 0.1) is 11.3 Å². The van der Waals surface area contributed by atoms with E-state index in [0.717, 1.165) is 0 Å². The number of ether oxygens (including phenoxy) is 1. The van der Waals surface area contributed by atoms with E-state index in [2.05, 4.69) is 5.32 Å². The van der Waals surface area contributed by atoms with Crippen LogP contribution in [-0.4, -0.2) is 29.3 Å². The second kappa shape index (κ2) is 5.76. The molecule has 2 rings (SSSR count). The number of thioether (sulfide) groups is 1. The molecular weight excluding hydrogens is 264 g/mol. The largest absolute Gasteiger partial charge is 0.482 e. The lowest BCUT2D eigenvalue weighted by Gasteiger charge is -2.18. The van der Waals surface area contributed by atoms with Crippen LogP contribution in [0.5, 0.6) is 5.75 Å². The van der Waals surface area contributed by atoms with Gasteiger partial charge < -0.3 is 10.1 Å². The Bertz CT molecular complexity index is 565. The van der Waals surface area contributed by atoms with Gasteiger partial charge in [0.1, 0.15) is 5.75 Å². The number of fused-ring (bicyclic) bond motifs is 1. The minimum atomic E-state index is -0.294. The molecule has 1 atom stereocenters. The Hall–Kier alpha value is -2.00. The van der Waals surface area contributed by atoms with Gasteiger partial charge in [0.25, 0.3) is 5.91 Å². The molecule has 1 heterocycles. The molecule has 1 N–H and O–H groups in total. The molecule has 0 radical (unpaired) electrons. The number of Topliss-reactive ketones (excluding diaryl/α,β-unsaturated/α-hetero) is 1. The summed E-state index contributed by atoms with van der Waals surface area (Å²) in [5.41, 5.74) is 1.02. The van der Waals surface area contributed by atoms with Crippen LogP contribution in [0.3, 0.4) is 0 Å². The maximum Gasteiger partial charge on any atom is 0.262 e. The molecule has 0 saturated carbocycles. The molecule has 0 fully saturated rings. The van der Waals surface area contributed by atoms with E-state index in [0.29, 0.717) is 17.0 Å². The summed E-state index contributed by atoms with van der Waals surface area (Å²) in [6.07, 6.45) is 0. The van der Waals surface area contributed by atoms with Gasteiger partial charge in [0.15, 0.2) is 12.4 Å². The third-order valence-electron chi connectivity index (χ3n) is 2.66. The van der Waals surface area contributed by atoms with E-state index in [4.69, 9.17) is 10.00 Å². The van der Waals surface area contributed by atoms with E-state index < -0.39 is 0 Å². The van der Waals surface area contributed by atoms with Crippen LogP contribution in [0.4, 0.5) is 5.69 Å². The average molecular weight is 276 g/mol. The van der Waals surface area contributed by atoms with Gasteiger partial charge in [0.2, 0.25) is 0 Å². The van der Waals surface area contributed by atoms with E-state index in [-0.39, 0.29) is 29.3 Å². The highest BCUT2D eigenvalue weighted by Gasteiger charge is 2.20. The van der Waals surface area contributed by atoms with E-state index >= 15 is 0 Å². The van der Waals surface area contributed by atoms with Crippen molar-refractivity contribution in [1.29, 1.82) is 5.26 Å². The van der Waals surface area contributed by atoms with E-state index in [9.17, 15) is 9.59 Å². The number of carbonyl (C=O) groups excluding carboxylic acids is 2. The molecule has 1 aliphatic heterocycles. The quantitative estimate of drug-likeness (QED) is 0.849. The molecule has 1 aliphatic rings. The molecule has 5 nitrogen and oxygen atoms in total. The molecular formula is C13H12N2O3S. The number of nitrogens with one attached hydrogen (secondary N) is 1.